The predicted octanol–water partition coefficient (Wildman–Crippen LogP) is 4.54. The van der Waals surface area contributed by atoms with Crippen molar-refractivity contribution in [2.24, 2.45) is 0 Å². The molecular formula is C19H20Cl2N4O. The molecule has 0 aliphatic rings. The highest BCUT2D eigenvalue weighted by Crippen LogP contribution is 2.29. The maximum atomic E-state index is 13.0. The molecular weight excluding hydrogens is 371 g/mol. The van der Waals surface area contributed by atoms with Gasteiger partial charge in [-0.05, 0) is 63.0 Å². The molecule has 1 aromatic heterocycles. The standard InChI is InChI=1S/C19H20Cl2N4O/c1-25(2)8-7-15(12-3-5-16(20)17(21)10-12)19(26)23-14-4-6-18-13(9-14)11-22-24-18/h3-6,9-11,15H,7-8H2,1-2H3,(H,22,24)(H,23,26). The van der Waals surface area contributed by atoms with Crippen molar-refractivity contribution in [3.63, 3.8) is 0 Å². The summed E-state index contributed by atoms with van der Waals surface area (Å²) in [5.41, 5.74) is 2.51. The van der Waals surface area contributed by atoms with E-state index >= 15 is 0 Å². The molecule has 1 atom stereocenters. The van der Waals surface area contributed by atoms with Gasteiger partial charge in [0.1, 0.15) is 0 Å². The molecule has 1 heterocycles. The van der Waals surface area contributed by atoms with Gasteiger partial charge < -0.3 is 10.2 Å². The minimum absolute atomic E-state index is 0.0758. The van der Waals surface area contributed by atoms with Crippen LogP contribution >= 0.6 is 23.2 Å². The molecule has 0 aliphatic heterocycles. The van der Waals surface area contributed by atoms with Gasteiger partial charge in [0.15, 0.2) is 0 Å². The third-order valence-corrected chi connectivity index (χ3v) is 4.97. The number of benzene rings is 2. The van der Waals surface area contributed by atoms with Crippen molar-refractivity contribution in [3.8, 4) is 0 Å². The fraction of sp³-hybridized carbons (Fsp3) is 0.263. The summed E-state index contributed by atoms with van der Waals surface area (Å²) in [6, 6.07) is 11.0. The smallest absolute Gasteiger partial charge is 0.231 e. The Hall–Kier alpha value is -2.08. The number of aromatic amines is 1. The zero-order chi connectivity index (χ0) is 18.7. The molecule has 2 aromatic carbocycles. The molecule has 0 spiro atoms. The Morgan fingerprint density at radius 1 is 1.19 bits per heavy atom. The van der Waals surface area contributed by atoms with Crippen LogP contribution in [0.4, 0.5) is 5.69 Å². The molecule has 3 rings (SSSR count). The average Bonchev–Trinajstić information content (AvgIpc) is 3.05. The molecule has 136 valence electrons. The van der Waals surface area contributed by atoms with Gasteiger partial charge in [-0.15, -0.1) is 0 Å². The van der Waals surface area contributed by atoms with Crippen molar-refractivity contribution in [1.29, 1.82) is 0 Å². The molecule has 0 radical (unpaired) electrons. The van der Waals surface area contributed by atoms with Crippen LogP contribution in [-0.4, -0.2) is 41.6 Å². The largest absolute Gasteiger partial charge is 0.326 e. The first-order chi connectivity index (χ1) is 12.4. The zero-order valence-electron chi connectivity index (χ0n) is 14.6. The van der Waals surface area contributed by atoms with Crippen LogP contribution in [-0.2, 0) is 4.79 Å². The van der Waals surface area contributed by atoms with E-state index in [-0.39, 0.29) is 11.8 Å². The molecule has 0 bridgehead atoms. The molecule has 0 aliphatic carbocycles. The quantitative estimate of drug-likeness (QED) is 0.649. The van der Waals surface area contributed by atoms with E-state index in [4.69, 9.17) is 23.2 Å². The summed E-state index contributed by atoms with van der Waals surface area (Å²) in [5.74, 6) is -0.403. The summed E-state index contributed by atoms with van der Waals surface area (Å²) in [6.45, 7) is 0.777. The van der Waals surface area contributed by atoms with Crippen molar-refractivity contribution in [1.82, 2.24) is 15.1 Å². The second-order valence-corrected chi connectivity index (χ2v) is 7.29. The van der Waals surface area contributed by atoms with E-state index in [0.29, 0.717) is 16.5 Å². The number of nitrogens with zero attached hydrogens (tertiary/aromatic N) is 2. The Kier molecular flexibility index (Phi) is 5.81. The van der Waals surface area contributed by atoms with Gasteiger partial charge in [-0.25, -0.2) is 0 Å². The van der Waals surface area contributed by atoms with E-state index in [1.54, 1.807) is 18.3 Å². The Labute approximate surface area is 162 Å². The van der Waals surface area contributed by atoms with Crippen LogP contribution in [0.5, 0.6) is 0 Å². The van der Waals surface area contributed by atoms with E-state index in [9.17, 15) is 4.79 Å². The topological polar surface area (TPSA) is 61.0 Å². The molecule has 5 nitrogen and oxygen atoms in total. The van der Waals surface area contributed by atoms with Crippen molar-refractivity contribution in [2.75, 3.05) is 26.0 Å². The van der Waals surface area contributed by atoms with Crippen LogP contribution in [0.3, 0.4) is 0 Å². The van der Waals surface area contributed by atoms with Gasteiger partial charge in [-0.3, -0.25) is 9.89 Å². The van der Waals surface area contributed by atoms with Gasteiger partial charge in [-0.2, -0.15) is 5.10 Å². The lowest BCUT2D eigenvalue weighted by Crippen LogP contribution is -2.25. The van der Waals surface area contributed by atoms with Crippen LogP contribution in [0.1, 0.15) is 17.9 Å². The number of amides is 1. The number of anilines is 1. The van der Waals surface area contributed by atoms with Crippen LogP contribution in [0, 0.1) is 0 Å². The Morgan fingerprint density at radius 2 is 2.00 bits per heavy atom. The highest BCUT2D eigenvalue weighted by Gasteiger charge is 2.22. The monoisotopic (exact) mass is 390 g/mol. The summed E-state index contributed by atoms with van der Waals surface area (Å²) < 4.78 is 0. The van der Waals surface area contributed by atoms with Gasteiger partial charge in [-0.1, -0.05) is 29.3 Å². The number of carbonyl (C=O) groups is 1. The van der Waals surface area contributed by atoms with E-state index < -0.39 is 0 Å². The summed E-state index contributed by atoms with van der Waals surface area (Å²) in [4.78, 5) is 15.0. The molecule has 1 unspecified atom stereocenters. The predicted molar refractivity (Wildman–Crippen MR) is 107 cm³/mol. The molecule has 1 amide bonds. The number of halogens is 2. The van der Waals surface area contributed by atoms with E-state index in [1.807, 2.05) is 38.4 Å². The van der Waals surface area contributed by atoms with Crippen LogP contribution in [0.15, 0.2) is 42.6 Å². The SMILES string of the molecule is CN(C)CCC(C(=O)Nc1ccc2[nH]ncc2c1)c1ccc(Cl)c(Cl)c1. The van der Waals surface area contributed by atoms with Crippen LogP contribution < -0.4 is 5.32 Å². The third-order valence-electron chi connectivity index (χ3n) is 4.24. The summed E-state index contributed by atoms with van der Waals surface area (Å²) in [7, 11) is 3.97. The highest BCUT2D eigenvalue weighted by molar-refractivity contribution is 6.42. The van der Waals surface area contributed by atoms with Crippen molar-refractivity contribution < 1.29 is 4.79 Å². The van der Waals surface area contributed by atoms with Crippen molar-refractivity contribution in [2.45, 2.75) is 12.3 Å². The van der Waals surface area contributed by atoms with Gasteiger partial charge in [0.05, 0.1) is 27.7 Å². The Bertz CT molecular complexity index is 923. The molecule has 7 heteroatoms. The Morgan fingerprint density at radius 3 is 2.73 bits per heavy atom. The number of fused-ring (bicyclic) bond motifs is 1. The minimum Gasteiger partial charge on any atom is -0.326 e. The average molecular weight is 391 g/mol. The molecule has 26 heavy (non-hydrogen) atoms. The number of nitrogens with one attached hydrogen (secondary N) is 2. The van der Waals surface area contributed by atoms with E-state index in [2.05, 4.69) is 20.4 Å². The second kappa shape index (κ2) is 8.08. The van der Waals surface area contributed by atoms with Gasteiger partial charge in [0, 0.05) is 11.1 Å². The first-order valence-corrected chi connectivity index (χ1v) is 9.03. The fourth-order valence-electron chi connectivity index (χ4n) is 2.82. The van der Waals surface area contributed by atoms with E-state index in [0.717, 1.165) is 28.7 Å². The lowest BCUT2D eigenvalue weighted by Gasteiger charge is -2.20. The van der Waals surface area contributed by atoms with Crippen molar-refractivity contribution >= 4 is 45.7 Å². The molecule has 3 aromatic rings. The normalized spacial score (nSPS) is 12.5. The first-order valence-electron chi connectivity index (χ1n) is 8.27. The minimum atomic E-state index is -0.327. The fourth-order valence-corrected chi connectivity index (χ4v) is 3.12. The number of carbonyl (C=O) groups excluding carboxylic acids is 1. The Balaban J connectivity index is 1.84. The number of hydrogen-bond donors (Lipinski definition) is 2. The number of aromatic nitrogens is 2. The first kappa shape index (κ1) is 18.7. The van der Waals surface area contributed by atoms with E-state index in [1.165, 1.54) is 0 Å². The number of H-pyrrole nitrogens is 1. The molecule has 0 saturated carbocycles. The van der Waals surface area contributed by atoms with Gasteiger partial charge in [0.25, 0.3) is 0 Å². The molecule has 0 fully saturated rings. The summed E-state index contributed by atoms with van der Waals surface area (Å²) >= 11 is 12.2. The van der Waals surface area contributed by atoms with Gasteiger partial charge >= 0.3 is 0 Å². The second-order valence-electron chi connectivity index (χ2n) is 6.48. The zero-order valence-corrected chi connectivity index (χ0v) is 16.1. The highest BCUT2D eigenvalue weighted by atomic mass is 35.5. The van der Waals surface area contributed by atoms with Gasteiger partial charge in [0.2, 0.25) is 5.91 Å². The summed E-state index contributed by atoms with van der Waals surface area (Å²) in [6.07, 6.45) is 2.40. The molecule has 0 saturated heterocycles. The maximum absolute atomic E-state index is 13.0. The lowest BCUT2D eigenvalue weighted by molar-refractivity contribution is -0.117. The van der Waals surface area contributed by atoms with Crippen LogP contribution in [0.2, 0.25) is 10.0 Å². The third kappa shape index (κ3) is 4.36. The molecule has 2 N–H and O–H groups in total. The maximum Gasteiger partial charge on any atom is 0.231 e. The van der Waals surface area contributed by atoms with Crippen molar-refractivity contribution in [3.05, 3.63) is 58.2 Å². The number of rotatable bonds is 6. The summed E-state index contributed by atoms with van der Waals surface area (Å²) in [5, 5.41) is 11.8. The van der Waals surface area contributed by atoms with Crippen LogP contribution in [0.25, 0.3) is 10.9 Å². The lowest BCUT2D eigenvalue weighted by atomic mass is 9.94. The number of hydrogen-bond acceptors (Lipinski definition) is 3.